The van der Waals surface area contributed by atoms with E-state index in [0.29, 0.717) is 10.7 Å². The summed E-state index contributed by atoms with van der Waals surface area (Å²) in [6, 6.07) is 18.2. The molecule has 0 saturated carbocycles. The number of hydrogen-bond acceptors (Lipinski definition) is 4. The highest BCUT2D eigenvalue weighted by molar-refractivity contribution is 7.22. The van der Waals surface area contributed by atoms with Crippen molar-refractivity contribution in [3.63, 3.8) is 0 Å². The van der Waals surface area contributed by atoms with Gasteiger partial charge in [-0.25, -0.2) is 4.98 Å². The SMILES string of the molecule is Cc1ccc2nc(NC(=O)c3ccc(CCc4cccs4)cc3)sc2c1. The van der Waals surface area contributed by atoms with Crippen LogP contribution in [0.15, 0.2) is 60.0 Å². The molecule has 2 heterocycles. The van der Waals surface area contributed by atoms with Gasteiger partial charge in [-0.1, -0.05) is 35.6 Å². The molecule has 0 aliphatic rings. The number of benzene rings is 2. The zero-order chi connectivity index (χ0) is 17.9. The number of hydrogen-bond donors (Lipinski definition) is 1. The summed E-state index contributed by atoms with van der Waals surface area (Å²) in [5.41, 5.74) is 4.00. The number of anilines is 1. The molecule has 1 amide bonds. The molecule has 2 aromatic heterocycles. The molecular weight excluding hydrogens is 360 g/mol. The van der Waals surface area contributed by atoms with Crippen molar-refractivity contribution in [2.75, 3.05) is 5.32 Å². The Labute approximate surface area is 160 Å². The standard InChI is InChI=1S/C21H18N2OS2/c1-14-4-11-18-19(13-14)26-21(22-18)23-20(24)16-8-5-15(6-9-16)7-10-17-3-2-12-25-17/h2-6,8-9,11-13H,7,10H2,1H3,(H,22,23,24). The maximum Gasteiger partial charge on any atom is 0.257 e. The number of thiophene rings is 1. The van der Waals surface area contributed by atoms with E-state index in [2.05, 4.69) is 40.8 Å². The lowest BCUT2D eigenvalue weighted by atomic mass is 10.1. The molecule has 2 aromatic carbocycles. The topological polar surface area (TPSA) is 42.0 Å². The van der Waals surface area contributed by atoms with Gasteiger partial charge in [0.1, 0.15) is 0 Å². The lowest BCUT2D eigenvalue weighted by molar-refractivity contribution is 0.102. The first kappa shape index (κ1) is 16.9. The number of amides is 1. The number of aromatic nitrogens is 1. The summed E-state index contributed by atoms with van der Waals surface area (Å²) in [4.78, 5) is 18.3. The van der Waals surface area contributed by atoms with Crippen LogP contribution in [-0.2, 0) is 12.8 Å². The molecule has 0 fully saturated rings. The molecule has 0 atom stereocenters. The molecule has 130 valence electrons. The Bertz CT molecular complexity index is 1030. The van der Waals surface area contributed by atoms with E-state index < -0.39 is 0 Å². The van der Waals surface area contributed by atoms with E-state index >= 15 is 0 Å². The maximum atomic E-state index is 12.5. The molecular formula is C21H18N2OS2. The Morgan fingerprint density at radius 1 is 1.08 bits per heavy atom. The maximum absolute atomic E-state index is 12.5. The van der Waals surface area contributed by atoms with Crippen LogP contribution in [0.25, 0.3) is 10.2 Å². The summed E-state index contributed by atoms with van der Waals surface area (Å²) >= 11 is 3.29. The number of thiazole rings is 1. The third kappa shape index (κ3) is 3.84. The first-order valence-electron chi connectivity index (χ1n) is 8.47. The van der Waals surface area contributed by atoms with E-state index in [4.69, 9.17) is 0 Å². The van der Waals surface area contributed by atoms with Crippen LogP contribution in [0.1, 0.15) is 26.4 Å². The Morgan fingerprint density at radius 2 is 1.92 bits per heavy atom. The quantitative estimate of drug-likeness (QED) is 0.484. The smallest absolute Gasteiger partial charge is 0.257 e. The normalized spacial score (nSPS) is 11.0. The molecule has 0 spiro atoms. The minimum atomic E-state index is -0.120. The number of fused-ring (bicyclic) bond motifs is 1. The van der Waals surface area contributed by atoms with Gasteiger partial charge < -0.3 is 0 Å². The largest absolute Gasteiger partial charge is 0.298 e. The predicted molar refractivity (Wildman–Crippen MR) is 110 cm³/mol. The van der Waals surface area contributed by atoms with E-state index in [1.54, 1.807) is 11.3 Å². The lowest BCUT2D eigenvalue weighted by Gasteiger charge is -2.04. The molecule has 0 bridgehead atoms. The summed E-state index contributed by atoms with van der Waals surface area (Å²) in [5.74, 6) is -0.120. The highest BCUT2D eigenvalue weighted by atomic mass is 32.1. The Morgan fingerprint density at radius 3 is 2.69 bits per heavy atom. The number of nitrogens with zero attached hydrogens (tertiary/aromatic N) is 1. The zero-order valence-electron chi connectivity index (χ0n) is 14.4. The van der Waals surface area contributed by atoms with Gasteiger partial charge in [0.05, 0.1) is 10.2 Å². The summed E-state index contributed by atoms with van der Waals surface area (Å²) < 4.78 is 1.09. The van der Waals surface area contributed by atoms with Gasteiger partial charge in [-0.05, 0) is 66.6 Å². The molecule has 3 nitrogen and oxygen atoms in total. The minimum Gasteiger partial charge on any atom is -0.298 e. The minimum absolute atomic E-state index is 0.120. The van der Waals surface area contributed by atoms with Gasteiger partial charge in [-0.3, -0.25) is 10.1 Å². The van der Waals surface area contributed by atoms with Crippen LogP contribution >= 0.6 is 22.7 Å². The monoisotopic (exact) mass is 378 g/mol. The third-order valence-electron chi connectivity index (χ3n) is 4.22. The molecule has 4 aromatic rings. The predicted octanol–water partition coefficient (Wildman–Crippen LogP) is 5.70. The van der Waals surface area contributed by atoms with Crippen molar-refractivity contribution in [2.24, 2.45) is 0 Å². The highest BCUT2D eigenvalue weighted by Gasteiger charge is 2.10. The fourth-order valence-electron chi connectivity index (χ4n) is 2.80. The molecule has 0 aliphatic carbocycles. The van der Waals surface area contributed by atoms with E-state index in [1.165, 1.54) is 27.3 Å². The van der Waals surface area contributed by atoms with Crippen molar-refractivity contribution in [2.45, 2.75) is 19.8 Å². The molecule has 4 rings (SSSR count). The van der Waals surface area contributed by atoms with Crippen LogP contribution in [0.2, 0.25) is 0 Å². The lowest BCUT2D eigenvalue weighted by Crippen LogP contribution is -2.11. The second-order valence-electron chi connectivity index (χ2n) is 6.22. The van der Waals surface area contributed by atoms with Crippen molar-refractivity contribution in [1.82, 2.24) is 4.98 Å². The number of carbonyl (C=O) groups is 1. The summed E-state index contributed by atoms with van der Waals surface area (Å²) in [7, 11) is 0. The number of rotatable bonds is 5. The first-order chi connectivity index (χ1) is 12.7. The van der Waals surface area contributed by atoms with Gasteiger partial charge in [-0.15, -0.1) is 11.3 Å². The van der Waals surface area contributed by atoms with Gasteiger partial charge in [0, 0.05) is 10.4 Å². The average molecular weight is 379 g/mol. The Kier molecular flexibility index (Phi) is 4.82. The molecule has 26 heavy (non-hydrogen) atoms. The van der Waals surface area contributed by atoms with Gasteiger partial charge in [0.25, 0.3) is 5.91 Å². The molecule has 0 unspecified atom stereocenters. The van der Waals surface area contributed by atoms with E-state index in [0.717, 1.165) is 23.1 Å². The molecule has 0 saturated heterocycles. The van der Waals surface area contributed by atoms with Crippen molar-refractivity contribution < 1.29 is 4.79 Å². The van der Waals surface area contributed by atoms with Crippen LogP contribution in [0.5, 0.6) is 0 Å². The molecule has 0 radical (unpaired) electrons. The Hall–Kier alpha value is -2.50. The molecule has 1 N–H and O–H groups in total. The van der Waals surface area contributed by atoms with Gasteiger partial charge in [-0.2, -0.15) is 0 Å². The van der Waals surface area contributed by atoms with Crippen LogP contribution in [0.3, 0.4) is 0 Å². The van der Waals surface area contributed by atoms with E-state index in [-0.39, 0.29) is 5.91 Å². The van der Waals surface area contributed by atoms with Crippen LogP contribution in [0, 0.1) is 6.92 Å². The van der Waals surface area contributed by atoms with Crippen molar-refractivity contribution in [1.29, 1.82) is 0 Å². The second kappa shape index (κ2) is 7.40. The number of nitrogens with one attached hydrogen (secondary N) is 1. The van der Waals surface area contributed by atoms with Crippen molar-refractivity contribution in [3.8, 4) is 0 Å². The number of aryl methyl sites for hydroxylation is 3. The zero-order valence-corrected chi connectivity index (χ0v) is 16.0. The fraction of sp³-hybridized carbons (Fsp3) is 0.143. The first-order valence-corrected chi connectivity index (χ1v) is 10.2. The number of carbonyl (C=O) groups excluding carboxylic acids is 1. The average Bonchev–Trinajstić information content (AvgIpc) is 3.29. The van der Waals surface area contributed by atoms with Crippen molar-refractivity contribution >= 4 is 43.9 Å². The molecule has 0 aliphatic heterocycles. The van der Waals surface area contributed by atoms with Gasteiger partial charge >= 0.3 is 0 Å². The van der Waals surface area contributed by atoms with E-state index in [9.17, 15) is 4.79 Å². The Balaban J connectivity index is 1.42. The fourth-order valence-corrected chi connectivity index (χ4v) is 4.47. The van der Waals surface area contributed by atoms with Gasteiger partial charge in [0.15, 0.2) is 5.13 Å². The molecule has 5 heteroatoms. The summed E-state index contributed by atoms with van der Waals surface area (Å²) in [5, 5.41) is 5.65. The van der Waals surface area contributed by atoms with E-state index in [1.807, 2.05) is 36.4 Å². The van der Waals surface area contributed by atoms with Crippen LogP contribution < -0.4 is 5.32 Å². The third-order valence-corrected chi connectivity index (χ3v) is 6.09. The highest BCUT2D eigenvalue weighted by Crippen LogP contribution is 2.27. The van der Waals surface area contributed by atoms with Crippen LogP contribution in [0.4, 0.5) is 5.13 Å². The van der Waals surface area contributed by atoms with Crippen LogP contribution in [-0.4, -0.2) is 10.9 Å². The van der Waals surface area contributed by atoms with Crippen molar-refractivity contribution in [3.05, 3.63) is 81.5 Å². The summed E-state index contributed by atoms with van der Waals surface area (Å²) in [6.07, 6.45) is 2.02. The second-order valence-corrected chi connectivity index (χ2v) is 8.28. The summed E-state index contributed by atoms with van der Waals surface area (Å²) in [6.45, 7) is 2.05. The van der Waals surface area contributed by atoms with Gasteiger partial charge in [0.2, 0.25) is 0 Å².